The summed E-state index contributed by atoms with van der Waals surface area (Å²) >= 11 is 0. The van der Waals surface area contributed by atoms with E-state index in [4.69, 9.17) is 15.4 Å². The molecule has 0 spiro atoms. The van der Waals surface area contributed by atoms with E-state index in [2.05, 4.69) is 4.72 Å². The molecular formula is C13H13N3O3S. The highest BCUT2D eigenvalue weighted by Crippen LogP contribution is 2.19. The third kappa shape index (κ3) is 3.17. The van der Waals surface area contributed by atoms with Gasteiger partial charge in [-0.25, -0.2) is 13.1 Å². The monoisotopic (exact) mass is 291 g/mol. The lowest BCUT2D eigenvalue weighted by Crippen LogP contribution is -2.26. The molecule has 104 valence electrons. The Hall–Kier alpha value is -2.30. The molecule has 2 rings (SSSR count). The Morgan fingerprint density at radius 1 is 1.35 bits per heavy atom. The summed E-state index contributed by atoms with van der Waals surface area (Å²) in [5, 5.41) is 8.72. The highest BCUT2D eigenvalue weighted by atomic mass is 32.2. The minimum Gasteiger partial charge on any atom is -0.469 e. The number of sulfonamides is 1. The second-order valence-electron chi connectivity index (χ2n) is 4.09. The molecule has 0 bridgehead atoms. The van der Waals surface area contributed by atoms with E-state index in [0.29, 0.717) is 17.7 Å². The summed E-state index contributed by atoms with van der Waals surface area (Å²) < 4.78 is 31.7. The van der Waals surface area contributed by atoms with Gasteiger partial charge in [0.2, 0.25) is 10.0 Å². The molecule has 0 radical (unpaired) electrons. The van der Waals surface area contributed by atoms with Crippen molar-refractivity contribution in [1.82, 2.24) is 4.72 Å². The lowest BCUT2D eigenvalue weighted by Gasteiger charge is -2.08. The first-order chi connectivity index (χ1) is 9.53. The number of anilines is 1. The summed E-state index contributed by atoms with van der Waals surface area (Å²) in [4.78, 5) is -0.0315. The third-order valence-corrected chi connectivity index (χ3v) is 4.21. The first-order valence-electron chi connectivity index (χ1n) is 5.84. The van der Waals surface area contributed by atoms with Crippen molar-refractivity contribution in [1.29, 1.82) is 5.26 Å². The molecule has 0 aliphatic heterocycles. The summed E-state index contributed by atoms with van der Waals surface area (Å²) in [5.41, 5.74) is 6.03. The summed E-state index contributed by atoms with van der Waals surface area (Å²) in [7, 11) is -3.70. The van der Waals surface area contributed by atoms with Crippen molar-refractivity contribution >= 4 is 15.7 Å². The molecule has 0 aliphatic rings. The molecule has 0 atom stereocenters. The van der Waals surface area contributed by atoms with E-state index in [1.165, 1.54) is 24.5 Å². The second-order valence-corrected chi connectivity index (χ2v) is 5.83. The molecule has 0 amide bonds. The number of hydrogen-bond acceptors (Lipinski definition) is 5. The maximum atomic E-state index is 12.1. The van der Waals surface area contributed by atoms with Crippen LogP contribution < -0.4 is 10.5 Å². The number of benzene rings is 1. The van der Waals surface area contributed by atoms with Crippen LogP contribution in [-0.4, -0.2) is 15.0 Å². The van der Waals surface area contributed by atoms with Crippen LogP contribution in [0.5, 0.6) is 0 Å². The van der Waals surface area contributed by atoms with Crippen LogP contribution in [-0.2, 0) is 16.4 Å². The predicted octanol–water partition coefficient (Wildman–Crippen LogP) is 1.25. The Bertz CT molecular complexity index is 731. The van der Waals surface area contributed by atoms with Gasteiger partial charge in [0.1, 0.15) is 10.7 Å². The molecule has 1 heterocycles. The topological polar surface area (TPSA) is 109 Å². The second kappa shape index (κ2) is 5.77. The SMILES string of the molecule is N#Cc1ccc(S(=O)(=O)NCCc2ccco2)c(N)c1. The molecule has 1 aromatic carbocycles. The summed E-state index contributed by atoms with van der Waals surface area (Å²) in [6, 6.07) is 9.48. The average Bonchev–Trinajstić information content (AvgIpc) is 2.91. The number of nitriles is 1. The Kier molecular flexibility index (Phi) is 4.08. The zero-order valence-electron chi connectivity index (χ0n) is 10.5. The molecule has 6 nitrogen and oxygen atoms in total. The van der Waals surface area contributed by atoms with Crippen LogP contribution in [0.15, 0.2) is 45.9 Å². The van der Waals surface area contributed by atoms with E-state index in [1.807, 2.05) is 6.07 Å². The van der Waals surface area contributed by atoms with E-state index in [1.54, 1.807) is 12.1 Å². The molecule has 0 unspecified atom stereocenters. The highest BCUT2D eigenvalue weighted by Gasteiger charge is 2.17. The molecule has 0 saturated carbocycles. The number of furan rings is 1. The normalized spacial score (nSPS) is 11.2. The molecule has 0 fully saturated rings. The van der Waals surface area contributed by atoms with E-state index in [-0.39, 0.29) is 17.1 Å². The van der Waals surface area contributed by atoms with E-state index in [9.17, 15) is 8.42 Å². The van der Waals surface area contributed by atoms with Crippen molar-refractivity contribution in [2.45, 2.75) is 11.3 Å². The van der Waals surface area contributed by atoms with Crippen LogP contribution in [0.25, 0.3) is 0 Å². The zero-order valence-corrected chi connectivity index (χ0v) is 11.4. The van der Waals surface area contributed by atoms with Crippen LogP contribution in [0.3, 0.4) is 0 Å². The lowest BCUT2D eigenvalue weighted by molar-refractivity contribution is 0.506. The van der Waals surface area contributed by atoms with Gasteiger partial charge in [0.05, 0.1) is 23.6 Å². The first-order valence-corrected chi connectivity index (χ1v) is 7.33. The number of hydrogen-bond donors (Lipinski definition) is 2. The van der Waals surface area contributed by atoms with Crippen molar-refractivity contribution < 1.29 is 12.8 Å². The van der Waals surface area contributed by atoms with E-state index >= 15 is 0 Å². The van der Waals surface area contributed by atoms with Gasteiger partial charge in [0.15, 0.2) is 0 Å². The minimum absolute atomic E-state index is 0.0315. The lowest BCUT2D eigenvalue weighted by atomic mass is 10.2. The van der Waals surface area contributed by atoms with Crippen molar-refractivity contribution in [2.24, 2.45) is 0 Å². The molecule has 7 heteroatoms. The van der Waals surface area contributed by atoms with Gasteiger partial charge in [-0.1, -0.05) is 0 Å². The Morgan fingerprint density at radius 2 is 2.15 bits per heavy atom. The van der Waals surface area contributed by atoms with Crippen molar-refractivity contribution in [3.63, 3.8) is 0 Å². The molecule has 1 aromatic heterocycles. The van der Waals surface area contributed by atoms with Gasteiger partial charge < -0.3 is 10.2 Å². The number of nitrogen functional groups attached to an aromatic ring is 1. The number of nitrogens with two attached hydrogens (primary N) is 1. The van der Waals surface area contributed by atoms with Crippen molar-refractivity contribution in [2.75, 3.05) is 12.3 Å². The maximum absolute atomic E-state index is 12.1. The summed E-state index contributed by atoms with van der Waals surface area (Å²) in [6.07, 6.45) is 1.98. The van der Waals surface area contributed by atoms with E-state index < -0.39 is 10.0 Å². The van der Waals surface area contributed by atoms with Gasteiger partial charge in [-0.3, -0.25) is 0 Å². The van der Waals surface area contributed by atoms with Gasteiger partial charge in [0.25, 0.3) is 0 Å². The fraction of sp³-hybridized carbons (Fsp3) is 0.154. The molecule has 20 heavy (non-hydrogen) atoms. The van der Waals surface area contributed by atoms with Gasteiger partial charge >= 0.3 is 0 Å². The Morgan fingerprint density at radius 3 is 2.75 bits per heavy atom. The molecule has 0 aliphatic carbocycles. The van der Waals surface area contributed by atoms with Gasteiger partial charge in [-0.2, -0.15) is 5.26 Å². The van der Waals surface area contributed by atoms with Crippen molar-refractivity contribution in [3.8, 4) is 6.07 Å². The quantitative estimate of drug-likeness (QED) is 0.806. The number of rotatable bonds is 5. The zero-order chi connectivity index (χ0) is 14.6. The summed E-state index contributed by atoms with van der Waals surface area (Å²) in [5.74, 6) is 0.695. The summed E-state index contributed by atoms with van der Waals surface area (Å²) in [6.45, 7) is 0.204. The minimum atomic E-state index is -3.70. The third-order valence-electron chi connectivity index (χ3n) is 2.67. The van der Waals surface area contributed by atoms with Gasteiger partial charge in [-0.15, -0.1) is 0 Å². The molecule has 0 saturated heterocycles. The first kappa shape index (κ1) is 14.1. The number of nitrogens with zero attached hydrogens (tertiary/aromatic N) is 1. The van der Waals surface area contributed by atoms with Crippen molar-refractivity contribution in [3.05, 3.63) is 47.9 Å². The fourth-order valence-corrected chi connectivity index (χ4v) is 2.85. The van der Waals surface area contributed by atoms with Gasteiger partial charge in [-0.05, 0) is 30.3 Å². The van der Waals surface area contributed by atoms with E-state index in [0.717, 1.165) is 0 Å². The fourth-order valence-electron chi connectivity index (χ4n) is 1.70. The standard InChI is InChI=1S/C13H13N3O3S/c14-9-10-3-4-13(12(15)8-10)20(17,18)16-6-5-11-2-1-7-19-11/h1-4,7-8,16H,5-6,15H2. The van der Waals surface area contributed by atoms with Crippen LogP contribution >= 0.6 is 0 Å². The highest BCUT2D eigenvalue weighted by molar-refractivity contribution is 7.89. The van der Waals surface area contributed by atoms with Crippen LogP contribution in [0.1, 0.15) is 11.3 Å². The van der Waals surface area contributed by atoms with Crippen LogP contribution in [0.4, 0.5) is 5.69 Å². The van der Waals surface area contributed by atoms with Crippen LogP contribution in [0, 0.1) is 11.3 Å². The molecule has 3 N–H and O–H groups in total. The predicted molar refractivity (Wildman–Crippen MR) is 73.2 cm³/mol. The molecular weight excluding hydrogens is 278 g/mol. The average molecular weight is 291 g/mol. The Labute approximate surface area is 116 Å². The molecule has 2 aromatic rings. The number of nitrogens with one attached hydrogen (secondary N) is 1. The van der Waals surface area contributed by atoms with Crippen LogP contribution in [0.2, 0.25) is 0 Å². The maximum Gasteiger partial charge on any atom is 0.242 e. The Balaban J connectivity index is 2.08. The largest absolute Gasteiger partial charge is 0.469 e. The van der Waals surface area contributed by atoms with Gasteiger partial charge in [0, 0.05) is 13.0 Å². The smallest absolute Gasteiger partial charge is 0.242 e.